The molecule has 0 radical (unpaired) electrons. The van der Waals surface area contributed by atoms with Crippen LogP contribution in [0.4, 0.5) is 5.82 Å². The molecule has 0 saturated heterocycles. The molecular formula is C20H17BrN8O3. The number of aromatic nitrogens is 5. The zero-order valence-electron chi connectivity index (χ0n) is 17.0. The summed E-state index contributed by atoms with van der Waals surface area (Å²) >= 11 is 3.39. The molecule has 0 aliphatic heterocycles. The van der Waals surface area contributed by atoms with E-state index in [1.165, 1.54) is 4.68 Å². The molecule has 0 bridgehead atoms. The largest absolute Gasteiger partial charge is 0.497 e. The minimum atomic E-state index is -0.569. The van der Waals surface area contributed by atoms with Gasteiger partial charge in [0.15, 0.2) is 5.69 Å². The molecule has 32 heavy (non-hydrogen) atoms. The number of nitrogens with zero attached hydrogens (tertiary/aromatic N) is 6. The van der Waals surface area contributed by atoms with E-state index in [2.05, 4.69) is 51.7 Å². The summed E-state index contributed by atoms with van der Waals surface area (Å²) in [5.74, 6) is 0.108. The Morgan fingerprint density at radius 3 is 2.69 bits per heavy atom. The minimum Gasteiger partial charge on any atom is -0.497 e. The van der Waals surface area contributed by atoms with Gasteiger partial charge in [0.1, 0.15) is 11.4 Å². The maximum absolute atomic E-state index is 13.0. The molecule has 11 nitrogen and oxygen atoms in total. The van der Waals surface area contributed by atoms with Gasteiger partial charge in [-0.05, 0) is 47.1 Å². The molecule has 2 aromatic heterocycles. The number of halogens is 1. The summed E-state index contributed by atoms with van der Waals surface area (Å²) in [6, 6.07) is 14.6. The van der Waals surface area contributed by atoms with E-state index in [1.807, 2.05) is 24.3 Å². The number of carbonyl (C=O) groups excluding carboxylic acids is 1. The molecule has 0 spiro atoms. The maximum atomic E-state index is 13.0. The topological polar surface area (TPSA) is 146 Å². The molecule has 0 atom stereocenters. The van der Waals surface area contributed by atoms with Crippen molar-refractivity contribution in [3.8, 4) is 22.8 Å². The fraction of sp³-hybridized carbons (Fsp3) is 0.100. The summed E-state index contributed by atoms with van der Waals surface area (Å²) in [5, 5.41) is 19.6. The van der Waals surface area contributed by atoms with Crippen molar-refractivity contribution in [1.29, 1.82) is 0 Å². The molecule has 3 N–H and O–H groups in total. The highest BCUT2D eigenvalue weighted by molar-refractivity contribution is 9.10. The lowest BCUT2D eigenvalue weighted by Gasteiger charge is -2.08. The van der Waals surface area contributed by atoms with Crippen molar-refractivity contribution >= 4 is 33.4 Å². The van der Waals surface area contributed by atoms with Gasteiger partial charge in [-0.1, -0.05) is 45.4 Å². The van der Waals surface area contributed by atoms with Gasteiger partial charge < -0.3 is 10.5 Å². The van der Waals surface area contributed by atoms with E-state index in [9.17, 15) is 4.79 Å². The van der Waals surface area contributed by atoms with E-state index in [4.69, 9.17) is 10.5 Å². The number of anilines is 1. The van der Waals surface area contributed by atoms with Crippen molar-refractivity contribution in [1.82, 2.24) is 30.7 Å². The molecule has 0 aliphatic carbocycles. The van der Waals surface area contributed by atoms with Crippen molar-refractivity contribution < 1.29 is 14.2 Å². The number of hydrogen-bond acceptors (Lipinski definition) is 9. The fourth-order valence-corrected chi connectivity index (χ4v) is 3.16. The standard InChI is InChI=1S/C20H17BrN8O3/c1-11(12-6-8-14(21)9-7-12)23-25-20(30)16-17(13-4-3-5-15(10-13)31-2)29(28-24-16)19-18(22)26-32-27-19/h3-10H,1-2H3,(H2,22,26)(H,25,30). The van der Waals surface area contributed by atoms with Crippen LogP contribution in [0.3, 0.4) is 0 Å². The number of ether oxygens (including phenoxy) is 1. The van der Waals surface area contributed by atoms with E-state index < -0.39 is 5.91 Å². The second-order valence-electron chi connectivity index (χ2n) is 6.55. The molecule has 1 amide bonds. The van der Waals surface area contributed by atoms with Gasteiger partial charge in [0.25, 0.3) is 5.91 Å². The summed E-state index contributed by atoms with van der Waals surface area (Å²) in [6.45, 7) is 1.78. The number of amides is 1. The number of nitrogens with two attached hydrogens (primary N) is 1. The SMILES string of the molecule is COc1cccc(-c2c(C(=O)NN=C(C)c3ccc(Br)cc3)nnn2-c2nonc2N)c1. The van der Waals surface area contributed by atoms with E-state index in [1.54, 1.807) is 38.3 Å². The van der Waals surface area contributed by atoms with E-state index >= 15 is 0 Å². The molecule has 2 aromatic carbocycles. The Kier molecular flexibility index (Phi) is 5.94. The minimum absolute atomic E-state index is 0.00453. The molecule has 0 unspecified atom stereocenters. The van der Waals surface area contributed by atoms with Crippen LogP contribution in [-0.4, -0.2) is 44.0 Å². The Balaban J connectivity index is 1.72. The van der Waals surface area contributed by atoms with Crippen molar-refractivity contribution in [2.75, 3.05) is 12.8 Å². The lowest BCUT2D eigenvalue weighted by Crippen LogP contribution is -2.21. The van der Waals surface area contributed by atoms with E-state index in [0.717, 1.165) is 10.0 Å². The van der Waals surface area contributed by atoms with Crippen molar-refractivity contribution in [3.63, 3.8) is 0 Å². The second kappa shape index (κ2) is 8.98. The molecule has 12 heteroatoms. The lowest BCUT2D eigenvalue weighted by atomic mass is 10.1. The fourth-order valence-electron chi connectivity index (χ4n) is 2.89. The van der Waals surface area contributed by atoms with Gasteiger partial charge in [-0.15, -0.1) is 5.10 Å². The average molecular weight is 497 g/mol. The Morgan fingerprint density at radius 1 is 1.22 bits per heavy atom. The van der Waals surface area contributed by atoms with Gasteiger partial charge in [0.2, 0.25) is 11.6 Å². The maximum Gasteiger partial charge on any atom is 0.294 e. The monoisotopic (exact) mass is 496 g/mol. The molecule has 0 aliphatic rings. The molecule has 162 valence electrons. The number of methoxy groups -OCH3 is 1. The lowest BCUT2D eigenvalue weighted by molar-refractivity contribution is 0.0950. The number of hydrogen-bond donors (Lipinski definition) is 2. The molecule has 0 saturated carbocycles. The number of carbonyl (C=O) groups is 1. The van der Waals surface area contributed by atoms with Crippen molar-refractivity contribution in [3.05, 3.63) is 64.3 Å². The van der Waals surface area contributed by atoms with Gasteiger partial charge in [-0.25, -0.2) is 10.1 Å². The summed E-state index contributed by atoms with van der Waals surface area (Å²) in [7, 11) is 1.54. The second-order valence-corrected chi connectivity index (χ2v) is 7.46. The quantitative estimate of drug-likeness (QED) is 0.306. The number of hydrazone groups is 1. The van der Waals surface area contributed by atoms with Crippen molar-refractivity contribution in [2.45, 2.75) is 6.92 Å². The predicted molar refractivity (Wildman–Crippen MR) is 119 cm³/mol. The highest BCUT2D eigenvalue weighted by Crippen LogP contribution is 2.29. The summed E-state index contributed by atoms with van der Waals surface area (Å²) < 4.78 is 12.2. The molecule has 0 fully saturated rings. The van der Waals surface area contributed by atoms with Crippen LogP contribution in [-0.2, 0) is 0 Å². The van der Waals surface area contributed by atoms with Crippen LogP contribution in [0, 0.1) is 0 Å². The van der Waals surface area contributed by atoms with Gasteiger partial charge in [0, 0.05) is 10.0 Å². The van der Waals surface area contributed by atoms with Crippen LogP contribution < -0.4 is 15.9 Å². The van der Waals surface area contributed by atoms with Crippen molar-refractivity contribution in [2.24, 2.45) is 5.10 Å². The number of nitrogens with one attached hydrogen (secondary N) is 1. The van der Waals surface area contributed by atoms with Crippen LogP contribution in [0.15, 0.2) is 62.7 Å². The first-order valence-corrected chi connectivity index (χ1v) is 10.1. The average Bonchev–Trinajstić information content (AvgIpc) is 3.43. The molecule has 4 rings (SSSR count). The van der Waals surface area contributed by atoms with Gasteiger partial charge in [-0.3, -0.25) is 4.79 Å². The zero-order chi connectivity index (χ0) is 22.7. The molecular weight excluding hydrogens is 480 g/mol. The Morgan fingerprint density at radius 2 is 2.00 bits per heavy atom. The predicted octanol–water partition coefficient (Wildman–Crippen LogP) is 2.82. The first kappa shape index (κ1) is 21.2. The number of nitrogen functional groups attached to an aromatic ring is 1. The van der Waals surface area contributed by atoms with E-state index in [0.29, 0.717) is 22.7 Å². The Labute approximate surface area is 190 Å². The van der Waals surface area contributed by atoms with Crippen LogP contribution >= 0.6 is 15.9 Å². The smallest absolute Gasteiger partial charge is 0.294 e. The van der Waals surface area contributed by atoms with Crippen LogP contribution in [0.5, 0.6) is 5.75 Å². The summed E-state index contributed by atoms with van der Waals surface area (Å²) in [5.41, 5.74) is 10.7. The Bertz CT molecular complexity index is 1300. The molecule has 4 aromatic rings. The Hall–Kier alpha value is -4.06. The summed E-state index contributed by atoms with van der Waals surface area (Å²) in [6.07, 6.45) is 0. The van der Waals surface area contributed by atoms with Gasteiger partial charge in [-0.2, -0.15) is 9.78 Å². The third-order valence-corrected chi connectivity index (χ3v) is 5.04. The van der Waals surface area contributed by atoms with Gasteiger partial charge >= 0.3 is 0 Å². The highest BCUT2D eigenvalue weighted by Gasteiger charge is 2.25. The third-order valence-electron chi connectivity index (χ3n) is 4.51. The number of benzene rings is 2. The zero-order valence-corrected chi connectivity index (χ0v) is 18.6. The van der Waals surface area contributed by atoms with Gasteiger partial charge in [0.05, 0.1) is 12.8 Å². The van der Waals surface area contributed by atoms with Crippen LogP contribution in [0.25, 0.3) is 17.1 Å². The first-order chi connectivity index (χ1) is 15.5. The highest BCUT2D eigenvalue weighted by atomic mass is 79.9. The summed E-state index contributed by atoms with van der Waals surface area (Å²) in [4.78, 5) is 13.0. The molecule has 2 heterocycles. The van der Waals surface area contributed by atoms with Crippen LogP contribution in [0.2, 0.25) is 0 Å². The first-order valence-electron chi connectivity index (χ1n) is 9.27. The van der Waals surface area contributed by atoms with E-state index in [-0.39, 0.29) is 17.3 Å². The number of rotatable bonds is 6. The third kappa shape index (κ3) is 4.21. The normalized spacial score (nSPS) is 11.4. The van der Waals surface area contributed by atoms with Crippen LogP contribution in [0.1, 0.15) is 23.0 Å².